The number of benzene rings is 4. The van der Waals surface area contributed by atoms with E-state index in [1.807, 2.05) is 36.4 Å². The van der Waals surface area contributed by atoms with Gasteiger partial charge in [-0.1, -0.05) is 118 Å². The number of fused-ring (bicyclic) bond motifs is 2. The molecular weight excluding hydrogens is 769 g/mol. The molecule has 1 unspecified atom stereocenters. The Labute approximate surface area is 320 Å². The van der Waals surface area contributed by atoms with E-state index in [1.54, 1.807) is 12.1 Å². The number of rotatable bonds is 6. The molecule has 1 atom stereocenters. The topological polar surface area (TPSA) is 0 Å². The van der Waals surface area contributed by atoms with Crippen molar-refractivity contribution in [3.63, 3.8) is 0 Å². The third-order valence-electron chi connectivity index (χ3n) is 9.02. The van der Waals surface area contributed by atoms with Crippen LogP contribution in [0.2, 0.25) is 0 Å². The van der Waals surface area contributed by atoms with E-state index in [-0.39, 0.29) is 73.5 Å². The van der Waals surface area contributed by atoms with Gasteiger partial charge in [0.25, 0.3) is 0 Å². The van der Waals surface area contributed by atoms with Crippen LogP contribution in [0.5, 0.6) is 0 Å². The fourth-order valence-corrected chi connectivity index (χ4v) is 6.62. The molecule has 0 nitrogen and oxygen atoms in total. The average Bonchev–Trinajstić information content (AvgIpc) is 3.61. The molecule has 259 valence electrons. The Kier molecular flexibility index (Phi) is 13.1. The van der Waals surface area contributed by atoms with Crippen LogP contribution in [0.1, 0.15) is 80.3 Å². The van der Waals surface area contributed by atoms with Crippen LogP contribution in [0.25, 0.3) is 17.2 Å². The fourth-order valence-electron chi connectivity index (χ4n) is 6.62. The molecule has 0 saturated carbocycles. The first-order chi connectivity index (χ1) is 22.2. The molecule has 0 aromatic heterocycles. The van der Waals surface area contributed by atoms with Crippen molar-refractivity contribution >= 4 is 17.2 Å². The van der Waals surface area contributed by atoms with Crippen LogP contribution in [0.4, 0.5) is 26.3 Å². The monoisotopic (exact) mass is 801 g/mol. The molecule has 0 bridgehead atoms. The van der Waals surface area contributed by atoms with E-state index in [4.69, 9.17) is 0 Å². The maximum absolute atomic E-state index is 14.1. The molecule has 0 heterocycles. The predicted molar refractivity (Wildman–Crippen MR) is 175 cm³/mol. The number of hydrogen-bond donors (Lipinski definition) is 0. The minimum Gasteiger partial charge on any atom is -1.00 e. The first kappa shape index (κ1) is 41.6. The SMILES string of the molecule is CCCCC1C=C(C(C)(C)C)C=C1c1c2c(ccc1=C(c1cccc(C(F)(F)F)c1)c1cccc(C(F)(F)F)c1)=c1ccccc1=[C-]2.[Cl-].[Cl-].[Zr+3]. The van der Waals surface area contributed by atoms with E-state index in [9.17, 15) is 26.3 Å². The molecule has 2 aliphatic carbocycles. The van der Waals surface area contributed by atoms with Crippen molar-refractivity contribution in [3.8, 4) is 0 Å². The minimum atomic E-state index is -4.64. The smallest absolute Gasteiger partial charge is 1.00 e. The molecular formula is C41H35Cl2F6Zr. The summed E-state index contributed by atoms with van der Waals surface area (Å²) in [6, 6.07) is 21.4. The van der Waals surface area contributed by atoms with Crippen LogP contribution in [0, 0.1) is 21.8 Å². The summed E-state index contributed by atoms with van der Waals surface area (Å²) in [5.41, 5.74) is 2.51. The number of hydrogen-bond acceptors (Lipinski definition) is 0. The van der Waals surface area contributed by atoms with Gasteiger partial charge in [-0.25, -0.2) is 0 Å². The van der Waals surface area contributed by atoms with Crippen molar-refractivity contribution in [1.82, 2.24) is 0 Å². The largest absolute Gasteiger partial charge is 3.00 e. The van der Waals surface area contributed by atoms with Gasteiger partial charge in [0.15, 0.2) is 0 Å². The maximum Gasteiger partial charge on any atom is 3.00 e. The zero-order chi connectivity index (χ0) is 33.7. The second kappa shape index (κ2) is 15.8. The molecule has 0 fully saturated rings. The second-order valence-corrected chi connectivity index (χ2v) is 13.3. The summed E-state index contributed by atoms with van der Waals surface area (Å²) in [7, 11) is 0. The summed E-state index contributed by atoms with van der Waals surface area (Å²) in [6.07, 6.45) is 1.59. The van der Waals surface area contributed by atoms with Gasteiger partial charge in [-0.15, -0.1) is 33.4 Å². The minimum absolute atomic E-state index is 0. The summed E-state index contributed by atoms with van der Waals surface area (Å²) in [5.74, 6) is 0.0178. The van der Waals surface area contributed by atoms with E-state index in [2.05, 4.69) is 45.9 Å². The quantitative estimate of drug-likeness (QED) is 0.176. The summed E-state index contributed by atoms with van der Waals surface area (Å²) >= 11 is 0. The van der Waals surface area contributed by atoms with Gasteiger partial charge in [0, 0.05) is 0 Å². The molecule has 0 spiro atoms. The van der Waals surface area contributed by atoms with Crippen LogP contribution in [-0.4, -0.2) is 0 Å². The molecule has 0 saturated heterocycles. The molecule has 6 rings (SSSR count). The van der Waals surface area contributed by atoms with E-state index >= 15 is 0 Å². The predicted octanol–water partition coefficient (Wildman–Crippen LogP) is 4.46. The van der Waals surface area contributed by atoms with Crippen LogP contribution in [0.3, 0.4) is 0 Å². The van der Waals surface area contributed by atoms with Crippen molar-refractivity contribution in [2.75, 3.05) is 0 Å². The Balaban J connectivity index is 0.00000225. The number of allylic oxidation sites excluding steroid dienone is 4. The first-order valence-corrected chi connectivity index (χ1v) is 15.9. The van der Waals surface area contributed by atoms with Gasteiger partial charge in [-0.3, -0.25) is 0 Å². The molecule has 0 aliphatic heterocycles. The van der Waals surface area contributed by atoms with Crippen LogP contribution < -0.4 is 35.3 Å². The molecule has 9 heteroatoms. The summed E-state index contributed by atoms with van der Waals surface area (Å²) in [6.45, 7) is 8.55. The van der Waals surface area contributed by atoms with Gasteiger partial charge in [-0.2, -0.15) is 26.3 Å². The van der Waals surface area contributed by atoms with E-state index in [0.717, 1.165) is 81.5 Å². The van der Waals surface area contributed by atoms with Crippen LogP contribution >= 0.6 is 0 Å². The van der Waals surface area contributed by atoms with Crippen molar-refractivity contribution < 1.29 is 77.4 Å². The maximum atomic E-state index is 14.1. The van der Waals surface area contributed by atoms with E-state index in [1.165, 1.54) is 12.1 Å². The van der Waals surface area contributed by atoms with Crippen molar-refractivity contribution in [3.05, 3.63) is 157 Å². The van der Waals surface area contributed by atoms with Gasteiger partial charge >= 0.3 is 38.6 Å². The molecule has 4 aromatic carbocycles. The zero-order valence-electron chi connectivity index (χ0n) is 28.0. The molecule has 0 N–H and O–H groups in total. The van der Waals surface area contributed by atoms with Crippen molar-refractivity contribution in [2.45, 2.75) is 59.3 Å². The third-order valence-corrected chi connectivity index (χ3v) is 9.02. The second-order valence-electron chi connectivity index (χ2n) is 13.3. The molecule has 1 radical (unpaired) electrons. The van der Waals surface area contributed by atoms with Gasteiger partial charge in [0.05, 0.1) is 11.1 Å². The Bertz CT molecular complexity index is 2100. The van der Waals surface area contributed by atoms with Gasteiger partial charge < -0.3 is 24.8 Å². The Morgan fingerprint density at radius 2 is 1.30 bits per heavy atom. The molecule has 50 heavy (non-hydrogen) atoms. The van der Waals surface area contributed by atoms with Gasteiger partial charge in [0.2, 0.25) is 0 Å². The third kappa shape index (κ3) is 8.27. The van der Waals surface area contributed by atoms with E-state index in [0.29, 0.717) is 10.8 Å². The zero-order valence-corrected chi connectivity index (χ0v) is 31.9. The number of alkyl halides is 6. The van der Waals surface area contributed by atoms with Gasteiger partial charge in [0.1, 0.15) is 0 Å². The van der Waals surface area contributed by atoms with E-state index < -0.39 is 23.5 Å². The molecule has 0 amide bonds. The summed E-state index contributed by atoms with van der Waals surface area (Å²) in [4.78, 5) is 0. The standard InChI is InChI=1S/C41H35F6.2ClH.Zr/c1-5-6-11-25-20-31(39(2,3)4)24-35(25)38-34(19-18-33-32-17-8-7-12-26(32)23-36(33)38)37(27-13-9-15-29(21-27)40(42,43)44)28-14-10-16-30(22-28)41(45,46)47;;;/h7-10,12-22,24-25H,5-6,11H2,1-4H3;2*1H;/q-1;;;+3/p-2. The number of unbranched alkanes of at least 4 members (excludes halogenated alkanes) is 1. The van der Waals surface area contributed by atoms with Crippen LogP contribution in [0.15, 0.2) is 103 Å². The Hall–Kier alpha value is -2.86. The number of halogens is 8. The Morgan fingerprint density at radius 3 is 1.84 bits per heavy atom. The summed E-state index contributed by atoms with van der Waals surface area (Å²) < 4.78 is 84.3. The van der Waals surface area contributed by atoms with Crippen LogP contribution in [-0.2, 0) is 38.6 Å². The van der Waals surface area contributed by atoms with Gasteiger partial charge in [-0.05, 0) is 69.5 Å². The van der Waals surface area contributed by atoms with Crippen molar-refractivity contribution in [2.24, 2.45) is 11.3 Å². The first-order valence-electron chi connectivity index (χ1n) is 15.9. The normalized spacial score (nSPS) is 15.0. The Morgan fingerprint density at radius 1 is 0.720 bits per heavy atom. The summed E-state index contributed by atoms with van der Waals surface area (Å²) in [5, 5.41) is 3.39. The van der Waals surface area contributed by atoms with Crippen molar-refractivity contribution in [1.29, 1.82) is 0 Å². The molecule has 4 aromatic rings. The fraction of sp³-hybridized carbons (Fsp3) is 0.268. The molecule has 2 aliphatic rings. The average molecular weight is 804 g/mol.